The molecule has 72 valence electrons. The SMILES string of the molecule is Cn1nc(-c2ccccc2)c(Cl)c1N. The molecule has 2 aromatic rings. The smallest absolute Gasteiger partial charge is 0.140 e. The number of nitrogens with two attached hydrogens (primary N) is 1. The van der Waals surface area contributed by atoms with Gasteiger partial charge in [-0.15, -0.1) is 0 Å². The molecule has 0 fully saturated rings. The first-order valence-corrected chi connectivity index (χ1v) is 4.61. The minimum absolute atomic E-state index is 0.491. The lowest BCUT2D eigenvalue weighted by Crippen LogP contribution is -1.96. The number of rotatable bonds is 1. The summed E-state index contributed by atoms with van der Waals surface area (Å²) in [5.74, 6) is 0.491. The minimum Gasteiger partial charge on any atom is -0.383 e. The fourth-order valence-corrected chi connectivity index (χ4v) is 1.56. The minimum atomic E-state index is 0.491. The predicted octanol–water partition coefficient (Wildman–Crippen LogP) is 2.32. The molecule has 0 aliphatic carbocycles. The summed E-state index contributed by atoms with van der Waals surface area (Å²) >= 11 is 6.04. The summed E-state index contributed by atoms with van der Waals surface area (Å²) in [4.78, 5) is 0. The van der Waals surface area contributed by atoms with Crippen LogP contribution in [0.15, 0.2) is 30.3 Å². The van der Waals surface area contributed by atoms with E-state index in [2.05, 4.69) is 5.10 Å². The van der Waals surface area contributed by atoms with Crippen molar-refractivity contribution in [2.45, 2.75) is 0 Å². The molecule has 1 heterocycles. The Hall–Kier alpha value is -1.48. The van der Waals surface area contributed by atoms with Crippen molar-refractivity contribution in [1.82, 2.24) is 9.78 Å². The Kier molecular flexibility index (Phi) is 2.17. The fourth-order valence-electron chi connectivity index (χ4n) is 1.29. The lowest BCUT2D eigenvalue weighted by atomic mass is 10.1. The zero-order chi connectivity index (χ0) is 10.1. The molecule has 0 saturated heterocycles. The van der Waals surface area contributed by atoms with Crippen LogP contribution in [0.3, 0.4) is 0 Å². The van der Waals surface area contributed by atoms with Gasteiger partial charge in [-0.3, -0.25) is 4.68 Å². The number of nitrogens with zero attached hydrogens (tertiary/aromatic N) is 2. The van der Waals surface area contributed by atoms with Crippen LogP contribution in [0.1, 0.15) is 0 Å². The molecule has 0 radical (unpaired) electrons. The highest BCUT2D eigenvalue weighted by Crippen LogP contribution is 2.30. The number of anilines is 1. The van der Waals surface area contributed by atoms with E-state index >= 15 is 0 Å². The molecule has 0 unspecified atom stereocenters. The molecule has 2 rings (SSSR count). The molecular weight excluding hydrogens is 198 g/mol. The van der Waals surface area contributed by atoms with E-state index in [9.17, 15) is 0 Å². The van der Waals surface area contributed by atoms with Crippen LogP contribution < -0.4 is 5.73 Å². The highest BCUT2D eigenvalue weighted by atomic mass is 35.5. The van der Waals surface area contributed by atoms with E-state index < -0.39 is 0 Å². The molecule has 4 heteroatoms. The lowest BCUT2D eigenvalue weighted by Gasteiger charge is -1.95. The topological polar surface area (TPSA) is 43.8 Å². The second kappa shape index (κ2) is 3.35. The van der Waals surface area contributed by atoms with Crippen LogP contribution in [0.4, 0.5) is 5.82 Å². The van der Waals surface area contributed by atoms with Crippen molar-refractivity contribution < 1.29 is 0 Å². The van der Waals surface area contributed by atoms with E-state index in [1.54, 1.807) is 11.7 Å². The Bertz CT molecular complexity index is 448. The zero-order valence-corrected chi connectivity index (χ0v) is 8.49. The van der Waals surface area contributed by atoms with Crippen LogP contribution in [0.2, 0.25) is 5.02 Å². The van der Waals surface area contributed by atoms with Crippen LogP contribution in [0.5, 0.6) is 0 Å². The van der Waals surface area contributed by atoms with Crippen molar-refractivity contribution in [3.8, 4) is 11.3 Å². The van der Waals surface area contributed by atoms with Gasteiger partial charge in [0.25, 0.3) is 0 Å². The average molecular weight is 208 g/mol. The summed E-state index contributed by atoms with van der Waals surface area (Å²) in [7, 11) is 1.77. The molecule has 14 heavy (non-hydrogen) atoms. The first-order chi connectivity index (χ1) is 6.70. The molecule has 0 aliphatic rings. The maximum Gasteiger partial charge on any atom is 0.140 e. The van der Waals surface area contributed by atoms with E-state index in [-0.39, 0.29) is 0 Å². The second-order valence-electron chi connectivity index (χ2n) is 3.04. The highest BCUT2D eigenvalue weighted by molar-refractivity contribution is 6.35. The molecule has 0 spiro atoms. The normalized spacial score (nSPS) is 10.4. The Labute approximate surface area is 87.1 Å². The van der Waals surface area contributed by atoms with Gasteiger partial charge in [-0.05, 0) is 0 Å². The summed E-state index contributed by atoms with van der Waals surface area (Å²) in [6, 6.07) is 9.73. The molecule has 0 bridgehead atoms. The fraction of sp³-hybridized carbons (Fsp3) is 0.100. The van der Waals surface area contributed by atoms with Crippen LogP contribution in [-0.4, -0.2) is 9.78 Å². The van der Waals surface area contributed by atoms with Gasteiger partial charge in [-0.25, -0.2) is 0 Å². The number of benzene rings is 1. The standard InChI is InChI=1S/C10H10ClN3/c1-14-10(12)8(11)9(13-14)7-5-3-2-4-6-7/h2-6H,12H2,1H3. The Morgan fingerprint density at radius 1 is 1.29 bits per heavy atom. The molecule has 3 nitrogen and oxygen atoms in total. The summed E-state index contributed by atoms with van der Waals surface area (Å²) in [6.07, 6.45) is 0. The van der Waals surface area contributed by atoms with E-state index in [0.717, 1.165) is 11.3 Å². The largest absolute Gasteiger partial charge is 0.383 e. The Morgan fingerprint density at radius 3 is 2.43 bits per heavy atom. The molecule has 0 atom stereocenters. The first-order valence-electron chi connectivity index (χ1n) is 4.23. The molecule has 2 N–H and O–H groups in total. The molecule has 1 aromatic heterocycles. The van der Waals surface area contributed by atoms with Gasteiger partial charge in [-0.1, -0.05) is 41.9 Å². The predicted molar refractivity (Wildman–Crippen MR) is 58.1 cm³/mol. The summed E-state index contributed by atoms with van der Waals surface area (Å²) < 4.78 is 1.57. The number of nitrogen functional groups attached to an aromatic ring is 1. The van der Waals surface area contributed by atoms with Gasteiger partial charge in [0.15, 0.2) is 0 Å². The highest BCUT2D eigenvalue weighted by Gasteiger charge is 2.12. The van der Waals surface area contributed by atoms with Crippen molar-refractivity contribution in [1.29, 1.82) is 0 Å². The van der Waals surface area contributed by atoms with Crippen molar-refractivity contribution >= 4 is 17.4 Å². The van der Waals surface area contributed by atoms with E-state index in [1.807, 2.05) is 30.3 Å². The lowest BCUT2D eigenvalue weighted by molar-refractivity contribution is 0.782. The monoisotopic (exact) mass is 207 g/mol. The first kappa shape index (κ1) is 9.09. The maximum absolute atomic E-state index is 6.04. The zero-order valence-electron chi connectivity index (χ0n) is 7.74. The van der Waals surface area contributed by atoms with Gasteiger partial charge in [0.05, 0.1) is 0 Å². The van der Waals surface area contributed by atoms with Crippen molar-refractivity contribution in [2.75, 3.05) is 5.73 Å². The van der Waals surface area contributed by atoms with Gasteiger partial charge >= 0.3 is 0 Å². The van der Waals surface area contributed by atoms with Crippen LogP contribution in [-0.2, 0) is 7.05 Å². The summed E-state index contributed by atoms with van der Waals surface area (Å²) in [6.45, 7) is 0. The summed E-state index contributed by atoms with van der Waals surface area (Å²) in [5, 5.41) is 4.75. The van der Waals surface area contributed by atoms with Crippen molar-refractivity contribution in [3.05, 3.63) is 35.4 Å². The third kappa shape index (κ3) is 1.36. The molecule has 0 saturated carbocycles. The van der Waals surface area contributed by atoms with E-state index in [4.69, 9.17) is 17.3 Å². The van der Waals surface area contributed by atoms with Crippen molar-refractivity contribution in [2.24, 2.45) is 7.05 Å². The van der Waals surface area contributed by atoms with Crippen molar-refractivity contribution in [3.63, 3.8) is 0 Å². The van der Waals surface area contributed by atoms with E-state index in [0.29, 0.717) is 10.8 Å². The molecule has 0 aliphatic heterocycles. The van der Waals surface area contributed by atoms with Gasteiger partial charge in [0.1, 0.15) is 16.5 Å². The number of hydrogen-bond donors (Lipinski definition) is 1. The van der Waals surface area contributed by atoms with Gasteiger partial charge in [0.2, 0.25) is 0 Å². The second-order valence-corrected chi connectivity index (χ2v) is 3.42. The molecule has 0 amide bonds. The number of aryl methyl sites for hydroxylation is 1. The Morgan fingerprint density at radius 2 is 1.93 bits per heavy atom. The van der Waals surface area contributed by atoms with Gasteiger partial charge in [-0.2, -0.15) is 5.10 Å². The van der Waals surface area contributed by atoms with Crippen LogP contribution in [0, 0.1) is 0 Å². The van der Waals surface area contributed by atoms with E-state index in [1.165, 1.54) is 0 Å². The Balaban J connectivity index is 2.58. The molecular formula is C10H10ClN3. The van der Waals surface area contributed by atoms with Gasteiger partial charge < -0.3 is 5.73 Å². The van der Waals surface area contributed by atoms with Crippen LogP contribution in [0.25, 0.3) is 11.3 Å². The quantitative estimate of drug-likeness (QED) is 0.780. The summed E-state index contributed by atoms with van der Waals surface area (Å²) in [5.41, 5.74) is 7.41. The third-order valence-electron chi connectivity index (χ3n) is 2.08. The number of halogens is 1. The number of hydrogen-bond acceptors (Lipinski definition) is 2. The average Bonchev–Trinajstić information content (AvgIpc) is 2.47. The number of aromatic nitrogens is 2. The maximum atomic E-state index is 6.04. The molecule has 1 aromatic carbocycles. The van der Waals surface area contributed by atoms with Gasteiger partial charge in [0, 0.05) is 12.6 Å². The van der Waals surface area contributed by atoms with Crippen LogP contribution >= 0.6 is 11.6 Å². The third-order valence-corrected chi connectivity index (χ3v) is 2.45.